The first-order chi connectivity index (χ1) is 8.82. The van der Waals surface area contributed by atoms with Crippen molar-refractivity contribution in [1.82, 2.24) is 0 Å². The Labute approximate surface area is 117 Å². The van der Waals surface area contributed by atoms with Crippen molar-refractivity contribution in [2.45, 2.75) is 34.6 Å². The first-order valence-corrected chi connectivity index (χ1v) is 6.48. The monoisotopic (exact) mass is 253 g/mol. The minimum absolute atomic E-state index is 0.810. The van der Waals surface area contributed by atoms with Crippen LogP contribution in [-0.4, -0.2) is 5.71 Å². The van der Waals surface area contributed by atoms with E-state index in [4.69, 9.17) is 0 Å². The van der Waals surface area contributed by atoms with E-state index in [0.29, 0.717) is 0 Å². The van der Waals surface area contributed by atoms with Crippen molar-refractivity contribution < 1.29 is 0 Å². The lowest BCUT2D eigenvalue weighted by atomic mass is 9.96. The summed E-state index contributed by atoms with van der Waals surface area (Å²) in [6, 6.07) is 8.41. The number of aliphatic imine (C=N–C) groups is 1. The molecule has 0 heterocycles. The predicted octanol–water partition coefficient (Wildman–Crippen LogP) is 5.23. The van der Waals surface area contributed by atoms with Crippen molar-refractivity contribution in [1.29, 1.82) is 0 Å². The Bertz CT molecular complexity index is 554. The lowest BCUT2D eigenvalue weighted by molar-refractivity contribution is 1.26. The molecular weight excluding hydrogens is 230 g/mol. The standard InChI is InChI=1S/C18H23N/c1-12(2)15(6)16(7)18(19-13(3)4)17-10-8-14(5)9-11-17/h8-11H,1,3H2,2,4-7H3/b16-15-,19-18?. The summed E-state index contributed by atoms with van der Waals surface area (Å²) in [5.74, 6) is 0. The van der Waals surface area contributed by atoms with Gasteiger partial charge < -0.3 is 0 Å². The van der Waals surface area contributed by atoms with E-state index < -0.39 is 0 Å². The molecule has 0 aliphatic carbocycles. The zero-order valence-corrected chi connectivity index (χ0v) is 12.7. The van der Waals surface area contributed by atoms with Crippen LogP contribution >= 0.6 is 0 Å². The molecule has 0 radical (unpaired) electrons. The fraction of sp³-hybridized carbons (Fsp3) is 0.278. The highest BCUT2D eigenvalue weighted by Gasteiger charge is 2.09. The van der Waals surface area contributed by atoms with Gasteiger partial charge in [-0.15, -0.1) is 0 Å². The average molecular weight is 253 g/mol. The van der Waals surface area contributed by atoms with Crippen LogP contribution in [0.25, 0.3) is 0 Å². The Balaban J connectivity index is 3.40. The first kappa shape index (κ1) is 15.2. The number of benzene rings is 1. The molecule has 0 aromatic heterocycles. The predicted molar refractivity (Wildman–Crippen MR) is 85.7 cm³/mol. The van der Waals surface area contributed by atoms with Crippen LogP contribution in [0.4, 0.5) is 0 Å². The Morgan fingerprint density at radius 1 is 0.895 bits per heavy atom. The SMILES string of the molecule is C=C(C)N=C(/C(C)=C(/C)C(=C)C)c1ccc(C)cc1. The van der Waals surface area contributed by atoms with E-state index in [9.17, 15) is 0 Å². The largest absolute Gasteiger partial charge is 0.253 e. The summed E-state index contributed by atoms with van der Waals surface area (Å²) >= 11 is 0. The third-order valence-electron chi connectivity index (χ3n) is 3.19. The molecule has 0 aliphatic heterocycles. The fourth-order valence-electron chi connectivity index (χ4n) is 1.76. The number of nitrogens with zero attached hydrogens (tertiary/aromatic N) is 1. The summed E-state index contributed by atoms with van der Waals surface area (Å²) in [7, 11) is 0. The van der Waals surface area contributed by atoms with Crippen LogP contribution in [0.15, 0.2) is 64.8 Å². The maximum Gasteiger partial charge on any atom is 0.0736 e. The topological polar surface area (TPSA) is 12.4 Å². The summed E-state index contributed by atoms with van der Waals surface area (Å²) in [5.41, 5.74) is 7.56. The average Bonchev–Trinajstić information content (AvgIpc) is 2.35. The van der Waals surface area contributed by atoms with Crippen LogP contribution < -0.4 is 0 Å². The molecule has 0 fully saturated rings. The van der Waals surface area contributed by atoms with Crippen LogP contribution in [0.2, 0.25) is 0 Å². The summed E-state index contributed by atoms with van der Waals surface area (Å²) in [4.78, 5) is 4.60. The van der Waals surface area contributed by atoms with E-state index in [-0.39, 0.29) is 0 Å². The molecule has 1 heteroatoms. The van der Waals surface area contributed by atoms with Gasteiger partial charge in [0.15, 0.2) is 0 Å². The van der Waals surface area contributed by atoms with Gasteiger partial charge in [0.25, 0.3) is 0 Å². The van der Waals surface area contributed by atoms with Gasteiger partial charge in [-0.3, -0.25) is 4.99 Å². The van der Waals surface area contributed by atoms with Gasteiger partial charge in [0.1, 0.15) is 0 Å². The summed E-state index contributed by atoms with van der Waals surface area (Å²) in [5, 5.41) is 0. The molecule has 0 unspecified atom stereocenters. The van der Waals surface area contributed by atoms with E-state index >= 15 is 0 Å². The number of aryl methyl sites for hydroxylation is 1. The van der Waals surface area contributed by atoms with E-state index in [0.717, 1.165) is 28.1 Å². The van der Waals surface area contributed by atoms with E-state index in [1.807, 2.05) is 13.8 Å². The highest BCUT2D eigenvalue weighted by molar-refractivity contribution is 6.13. The Morgan fingerprint density at radius 2 is 1.42 bits per heavy atom. The molecule has 0 bridgehead atoms. The van der Waals surface area contributed by atoms with Crippen molar-refractivity contribution in [3.63, 3.8) is 0 Å². The lowest BCUT2D eigenvalue weighted by Crippen LogP contribution is -2.06. The third-order valence-corrected chi connectivity index (χ3v) is 3.19. The Morgan fingerprint density at radius 3 is 1.84 bits per heavy atom. The van der Waals surface area contributed by atoms with Crippen molar-refractivity contribution in [2.75, 3.05) is 0 Å². The van der Waals surface area contributed by atoms with Crippen LogP contribution in [0, 0.1) is 6.92 Å². The number of hydrogen-bond acceptors (Lipinski definition) is 1. The molecule has 0 spiro atoms. The van der Waals surface area contributed by atoms with Gasteiger partial charge in [0, 0.05) is 11.3 Å². The highest BCUT2D eigenvalue weighted by Crippen LogP contribution is 2.19. The number of hydrogen-bond donors (Lipinski definition) is 0. The molecule has 1 aromatic carbocycles. The van der Waals surface area contributed by atoms with Crippen LogP contribution in [-0.2, 0) is 0 Å². The number of allylic oxidation sites excluding steroid dienone is 4. The first-order valence-electron chi connectivity index (χ1n) is 6.48. The van der Waals surface area contributed by atoms with Gasteiger partial charge in [-0.2, -0.15) is 0 Å². The van der Waals surface area contributed by atoms with Crippen LogP contribution in [0.5, 0.6) is 0 Å². The second-order valence-corrected chi connectivity index (χ2v) is 5.09. The summed E-state index contributed by atoms with van der Waals surface area (Å²) in [6.07, 6.45) is 0. The minimum Gasteiger partial charge on any atom is -0.253 e. The molecule has 0 atom stereocenters. The molecule has 19 heavy (non-hydrogen) atoms. The third kappa shape index (κ3) is 4.06. The van der Waals surface area contributed by atoms with Gasteiger partial charge >= 0.3 is 0 Å². The van der Waals surface area contributed by atoms with Crippen molar-refractivity contribution in [2.24, 2.45) is 4.99 Å². The van der Waals surface area contributed by atoms with E-state index in [2.05, 4.69) is 63.2 Å². The van der Waals surface area contributed by atoms with Gasteiger partial charge in [-0.25, -0.2) is 0 Å². The molecule has 1 aromatic rings. The minimum atomic E-state index is 0.810. The van der Waals surface area contributed by atoms with Crippen molar-refractivity contribution in [3.8, 4) is 0 Å². The van der Waals surface area contributed by atoms with Crippen molar-refractivity contribution in [3.05, 3.63) is 71.0 Å². The second-order valence-electron chi connectivity index (χ2n) is 5.09. The quantitative estimate of drug-likeness (QED) is 0.514. The van der Waals surface area contributed by atoms with E-state index in [1.54, 1.807) is 0 Å². The van der Waals surface area contributed by atoms with Crippen LogP contribution in [0.3, 0.4) is 0 Å². The van der Waals surface area contributed by atoms with Gasteiger partial charge in [0.2, 0.25) is 0 Å². The zero-order valence-electron chi connectivity index (χ0n) is 12.7. The highest BCUT2D eigenvalue weighted by atomic mass is 14.7. The summed E-state index contributed by atoms with van der Waals surface area (Å²) < 4.78 is 0. The maximum atomic E-state index is 4.60. The zero-order chi connectivity index (χ0) is 14.6. The Kier molecular flexibility index (Phi) is 5.05. The molecule has 0 saturated carbocycles. The van der Waals surface area contributed by atoms with Gasteiger partial charge in [-0.1, -0.05) is 48.6 Å². The van der Waals surface area contributed by atoms with Crippen LogP contribution in [0.1, 0.15) is 38.8 Å². The van der Waals surface area contributed by atoms with Gasteiger partial charge in [-0.05, 0) is 45.8 Å². The molecular formula is C18H23N. The fourth-order valence-corrected chi connectivity index (χ4v) is 1.76. The normalized spacial score (nSPS) is 13.0. The maximum absolute atomic E-state index is 4.60. The second kappa shape index (κ2) is 6.33. The smallest absolute Gasteiger partial charge is 0.0736 e. The molecule has 0 saturated heterocycles. The molecule has 0 aliphatic rings. The van der Waals surface area contributed by atoms with E-state index in [1.165, 1.54) is 11.1 Å². The molecule has 1 rings (SSSR count). The Hall–Kier alpha value is -1.89. The summed E-state index contributed by atoms with van der Waals surface area (Å²) in [6.45, 7) is 18.1. The molecule has 1 nitrogen and oxygen atoms in total. The van der Waals surface area contributed by atoms with Gasteiger partial charge in [0.05, 0.1) is 5.71 Å². The number of rotatable bonds is 4. The lowest BCUT2D eigenvalue weighted by Gasteiger charge is -2.12. The molecule has 100 valence electrons. The van der Waals surface area contributed by atoms with Crippen molar-refractivity contribution >= 4 is 5.71 Å². The molecule has 0 amide bonds. The molecule has 0 N–H and O–H groups in total.